The van der Waals surface area contributed by atoms with Crippen molar-refractivity contribution in [3.05, 3.63) is 65.0 Å². The third kappa shape index (κ3) is 2.90. The number of anilines is 1. The van der Waals surface area contributed by atoms with Crippen LogP contribution in [0.1, 0.15) is 13.0 Å². The number of carbonyl (C=O) groups is 1. The molecule has 1 N–H and O–H groups in total. The van der Waals surface area contributed by atoms with Crippen LogP contribution in [0.3, 0.4) is 0 Å². The number of amides is 1. The molecule has 0 aliphatic carbocycles. The molecular weight excluding hydrogens is 347 g/mol. The number of hydrogen-bond acceptors (Lipinski definition) is 1. The molecule has 1 heterocycles. The molecule has 0 aliphatic rings. The van der Waals surface area contributed by atoms with Crippen LogP contribution >= 0.6 is 15.9 Å². The van der Waals surface area contributed by atoms with E-state index in [0.717, 1.165) is 15.4 Å². The van der Waals surface area contributed by atoms with Gasteiger partial charge in [0, 0.05) is 27.3 Å². The number of nitrogens with one attached hydrogen (secondary N) is 1. The highest BCUT2D eigenvalue weighted by Gasteiger charge is 2.16. The Morgan fingerprint density at radius 2 is 1.91 bits per heavy atom. The second-order valence-electron chi connectivity index (χ2n) is 5.10. The minimum absolute atomic E-state index is 0.146. The Labute approximate surface area is 135 Å². The summed E-state index contributed by atoms with van der Waals surface area (Å²) >= 11 is 3.44. The minimum atomic E-state index is -0.372. The quantitative estimate of drug-likeness (QED) is 0.718. The molecule has 0 bridgehead atoms. The summed E-state index contributed by atoms with van der Waals surface area (Å²) in [6.45, 7) is 1.83. The maximum absolute atomic E-state index is 12.9. The third-order valence-electron chi connectivity index (χ3n) is 3.59. The molecule has 22 heavy (non-hydrogen) atoms. The number of benzene rings is 2. The molecule has 3 aromatic rings. The molecule has 1 atom stereocenters. The molecule has 3 rings (SSSR count). The van der Waals surface area contributed by atoms with Crippen molar-refractivity contribution in [3.8, 4) is 0 Å². The molecule has 0 saturated carbocycles. The number of nitrogens with zero attached hydrogens (tertiary/aromatic N) is 1. The second-order valence-corrected chi connectivity index (χ2v) is 6.01. The van der Waals surface area contributed by atoms with Crippen molar-refractivity contribution in [2.75, 3.05) is 5.32 Å². The zero-order valence-electron chi connectivity index (χ0n) is 11.9. The van der Waals surface area contributed by atoms with E-state index >= 15 is 0 Å². The van der Waals surface area contributed by atoms with Crippen LogP contribution in [0.25, 0.3) is 10.9 Å². The lowest BCUT2D eigenvalue weighted by atomic mass is 10.2. The van der Waals surface area contributed by atoms with Gasteiger partial charge in [-0.2, -0.15) is 0 Å². The normalized spacial score (nSPS) is 12.3. The van der Waals surface area contributed by atoms with E-state index in [-0.39, 0.29) is 17.8 Å². The molecule has 2 aromatic carbocycles. The average molecular weight is 361 g/mol. The van der Waals surface area contributed by atoms with Crippen LogP contribution in [0.2, 0.25) is 0 Å². The van der Waals surface area contributed by atoms with Gasteiger partial charge in [-0.15, -0.1) is 0 Å². The Balaban J connectivity index is 1.84. The topological polar surface area (TPSA) is 34.0 Å². The predicted octanol–water partition coefficient (Wildman–Crippen LogP) is 4.74. The van der Waals surface area contributed by atoms with E-state index in [9.17, 15) is 9.18 Å². The molecule has 0 spiro atoms. The van der Waals surface area contributed by atoms with Crippen molar-refractivity contribution in [2.45, 2.75) is 13.0 Å². The highest BCUT2D eigenvalue weighted by Crippen LogP contribution is 2.24. The van der Waals surface area contributed by atoms with Gasteiger partial charge in [0.25, 0.3) is 0 Å². The van der Waals surface area contributed by atoms with E-state index in [1.54, 1.807) is 12.1 Å². The van der Waals surface area contributed by atoms with Gasteiger partial charge < -0.3 is 9.88 Å². The summed E-state index contributed by atoms with van der Waals surface area (Å²) in [6.07, 6.45) is 1.89. The van der Waals surface area contributed by atoms with Crippen molar-refractivity contribution in [3.63, 3.8) is 0 Å². The van der Waals surface area contributed by atoms with Gasteiger partial charge >= 0.3 is 0 Å². The average Bonchev–Trinajstić information content (AvgIpc) is 2.91. The lowest BCUT2D eigenvalue weighted by molar-refractivity contribution is -0.118. The number of aromatic nitrogens is 1. The van der Waals surface area contributed by atoms with Crippen LogP contribution in [-0.4, -0.2) is 10.5 Å². The summed E-state index contributed by atoms with van der Waals surface area (Å²) in [5, 5.41) is 3.86. The smallest absolute Gasteiger partial charge is 0.247 e. The maximum Gasteiger partial charge on any atom is 0.247 e. The van der Waals surface area contributed by atoms with Crippen LogP contribution in [0.5, 0.6) is 0 Å². The summed E-state index contributed by atoms with van der Waals surface area (Å²) < 4.78 is 15.8. The maximum atomic E-state index is 12.9. The molecule has 1 aromatic heterocycles. The fourth-order valence-electron chi connectivity index (χ4n) is 2.38. The second kappa shape index (κ2) is 5.93. The van der Waals surface area contributed by atoms with E-state index in [1.807, 2.05) is 42.0 Å². The summed E-state index contributed by atoms with van der Waals surface area (Å²) in [5.74, 6) is -0.472. The molecule has 0 fully saturated rings. The van der Waals surface area contributed by atoms with E-state index in [4.69, 9.17) is 0 Å². The molecule has 0 saturated heterocycles. The molecular formula is C17H14BrFN2O. The number of hydrogen-bond donors (Lipinski definition) is 1. The zero-order chi connectivity index (χ0) is 15.7. The minimum Gasteiger partial charge on any atom is -0.335 e. The van der Waals surface area contributed by atoms with Gasteiger partial charge in [-0.05, 0) is 55.5 Å². The van der Waals surface area contributed by atoms with Crippen LogP contribution < -0.4 is 5.32 Å². The van der Waals surface area contributed by atoms with Crippen molar-refractivity contribution < 1.29 is 9.18 Å². The summed E-state index contributed by atoms with van der Waals surface area (Å²) in [5.41, 5.74) is 1.57. The van der Waals surface area contributed by atoms with Crippen LogP contribution in [0, 0.1) is 5.82 Å². The summed E-state index contributed by atoms with van der Waals surface area (Å²) in [4.78, 5) is 12.4. The van der Waals surface area contributed by atoms with E-state index in [0.29, 0.717) is 5.69 Å². The van der Waals surface area contributed by atoms with Gasteiger partial charge in [-0.3, -0.25) is 4.79 Å². The number of halogens is 2. The van der Waals surface area contributed by atoms with Gasteiger partial charge in [0.1, 0.15) is 11.9 Å². The van der Waals surface area contributed by atoms with Gasteiger partial charge in [0.15, 0.2) is 0 Å². The SMILES string of the molecule is CC(C(=O)Nc1ccc(F)cc1)n1ccc2cc(Br)ccc21. The molecule has 0 radical (unpaired) electrons. The van der Waals surface area contributed by atoms with Crippen molar-refractivity contribution in [1.29, 1.82) is 0 Å². The third-order valence-corrected chi connectivity index (χ3v) is 4.08. The lowest BCUT2D eigenvalue weighted by Crippen LogP contribution is -2.23. The van der Waals surface area contributed by atoms with E-state index in [1.165, 1.54) is 12.1 Å². The fraction of sp³-hybridized carbons (Fsp3) is 0.118. The lowest BCUT2D eigenvalue weighted by Gasteiger charge is -2.15. The van der Waals surface area contributed by atoms with Gasteiger partial charge in [-0.25, -0.2) is 4.39 Å². The monoisotopic (exact) mass is 360 g/mol. The Morgan fingerprint density at radius 1 is 1.18 bits per heavy atom. The predicted molar refractivity (Wildman–Crippen MR) is 89.4 cm³/mol. The molecule has 3 nitrogen and oxygen atoms in total. The summed E-state index contributed by atoms with van der Waals surface area (Å²) in [6, 6.07) is 13.3. The molecule has 1 amide bonds. The number of carbonyl (C=O) groups excluding carboxylic acids is 1. The Kier molecular flexibility index (Phi) is 3.98. The van der Waals surface area contributed by atoms with Crippen LogP contribution in [0.15, 0.2) is 59.2 Å². The van der Waals surface area contributed by atoms with Gasteiger partial charge in [-0.1, -0.05) is 15.9 Å². The first-order chi connectivity index (χ1) is 10.5. The van der Waals surface area contributed by atoms with Gasteiger partial charge in [0.2, 0.25) is 5.91 Å². The fourth-order valence-corrected chi connectivity index (χ4v) is 2.76. The Hall–Kier alpha value is -2.14. The highest BCUT2D eigenvalue weighted by molar-refractivity contribution is 9.10. The van der Waals surface area contributed by atoms with Crippen molar-refractivity contribution >= 4 is 38.4 Å². The van der Waals surface area contributed by atoms with Gasteiger partial charge in [0.05, 0.1) is 0 Å². The largest absolute Gasteiger partial charge is 0.335 e. The number of fused-ring (bicyclic) bond motifs is 1. The van der Waals surface area contributed by atoms with E-state index < -0.39 is 0 Å². The van der Waals surface area contributed by atoms with Crippen LogP contribution in [0.4, 0.5) is 10.1 Å². The standard InChI is InChI=1S/C17H14BrFN2O/c1-11(17(22)20-15-5-3-14(19)4-6-15)21-9-8-12-10-13(18)2-7-16(12)21/h2-11H,1H3,(H,20,22). The first-order valence-corrected chi connectivity index (χ1v) is 7.66. The van der Waals surface area contributed by atoms with E-state index in [2.05, 4.69) is 21.2 Å². The molecule has 5 heteroatoms. The molecule has 112 valence electrons. The van der Waals surface area contributed by atoms with Crippen molar-refractivity contribution in [2.24, 2.45) is 0 Å². The highest BCUT2D eigenvalue weighted by atomic mass is 79.9. The first kappa shape index (κ1) is 14.8. The first-order valence-electron chi connectivity index (χ1n) is 6.87. The zero-order valence-corrected chi connectivity index (χ0v) is 13.5. The molecule has 0 aliphatic heterocycles. The Morgan fingerprint density at radius 3 is 2.64 bits per heavy atom. The Bertz CT molecular complexity index is 826. The summed E-state index contributed by atoms with van der Waals surface area (Å²) in [7, 11) is 0. The van der Waals surface area contributed by atoms with Crippen LogP contribution in [-0.2, 0) is 4.79 Å². The van der Waals surface area contributed by atoms with Crippen molar-refractivity contribution in [1.82, 2.24) is 4.57 Å². The number of rotatable bonds is 3. The molecule has 1 unspecified atom stereocenters.